The summed E-state index contributed by atoms with van der Waals surface area (Å²) in [6.07, 6.45) is 0. The number of hydrogen-bond acceptors (Lipinski definition) is 5. The molecule has 0 fully saturated rings. The van der Waals surface area contributed by atoms with Crippen LogP contribution in [-0.4, -0.2) is 4.98 Å². The lowest BCUT2D eigenvalue weighted by Crippen LogP contribution is -2.09. The lowest BCUT2D eigenvalue weighted by molar-refractivity contribution is 0.620. The molecule has 10 aromatic rings. The van der Waals surface area contributed by atoms with Gasteiger partial charge in [0.1, 0.15) is 5.52 Å². The van der Waals surface area contributed by atoms with Gasteiger partial charge in [0.05, 0.1) is 0 Å². The summed E-state index contributed by atoms with van der Waals surface area (Å²) in [7, 11) is 0. The molecular weight excluding hydrogens is 625 g/mol. The molecule has 0 saturated heterocycles. The zero-order valence-corrected chi connectivity index (χ0v) is 27.3. The number of anilines is 3. The van der Waals surface area contributed by atoms with E-state index in [1.165, 1.54) is 51.5 Å². The molecule has 226 valence electrons. The first-order valence-corrected chi connectivity index (χ1v) is 17.6. The Balaban J connectivity index is 1.02. The molecule has 0 amide bonds. The van der Waals surface area contributed by atoms with E-state index in [1.54, 1.807) is 11.3 Å². The molecule has 0 N–H and O–H groups in total. The third kappa shape index (κ3) is 4.51. The Hall–Kier alpha value is -5.75. The third-order valence-corrected chi connectivity index (χ3v) is 11.4. The molecule has 7 aromatic carbocycles. The van der Waals surface area contributed by atoms with Crippen LogP contribution in [-0.2, 0) is 0 Å². The maximum atomic E-state index is 6.17. The van der Waals surface area contributed by atoms with Crippen molar-refractivity contribution in [1.82, 2.24) is 4.98 Å². The van der Waals surface area contributed by atoms with Crippen LogP contribution in [0.3, 0.4) is 0 Å². The van der Waals surface area contributed by atoms with Crippen LogP contribution >= 0.6 is 22.7 Å². The molecule has 0 aliphatic rings. The molecule has 3 nitrogen and oxygen atoms in total. The number of benzene rings is 7. The SMILES string of the molecule is c1ccc(-c2nc3cc4c(cc3o2)sc2cc(-c3ccc(N(c5ccccc5)c5ccc6sc7ccccc7c6c5)cc3)ccc24)cc1. The van der Waals surface area contributed by atoms with Crippen molar-refractivity contribution < 1.29 is 4.42 Å². The Morgan fingerprint density at radius 3 is 1.90 bits per heavy atom. The van der Waals surface area contributed by atoms with E-state index < -0.39 is 0 Å². The first-order valence-electron chi connectivity index (χ1n) is 15.9. The summed E-state index contributed by atoms with van der Waals surface area (Å²) in [5, 5.41) is 5.06. The van der Waals surface area contributed by atoms with Crippen molar-refractivity contribution in [2.24, 2.45) is 0 Å². The number of thiophene rings is 2. The largest absolute Gasteiger partial charge is 0.436 e. The van der Waals surface area contributed by atoms with E-state index in [2.05, 4.69) is 132 Å². The monoisotopic (exact) mass is 650 g/mol. The number of fused-ring (bicyclic) bond motifs is 7. The Morgan fingerprint density at radius 1 is 0.417 bits per heavy atom. The first kappa shape index (κ1) is 27.4. The average Bonchev–Trinajstić information content (AvgIpc) is 3.84. The van der Waals surface area contributed by atoms with Gasteiger partial charge in [-0.3, -0.25) is 0 Å². The quantitative estimate of drug-likeness (QED) is 0.186. The minimum absolute atomic E-state index is 0.657. The van der Waals surface area contributed by atoms with Crippen molar-refractivity contribution in [3.63, 3.8) is 0 Å². The van der Waals surface area contributed by atoms with Gasteiger partial charge in [0.25, 0.3) is 0 Å². The Labute approximate surface area is 284 Å². The predicted molar refractivity (Wildman–Crippen MR) is 205 cm³/mol. The molecule has 0 radical (unpaired) electrons. The number of aromatic nitrogens is 1. The first-order chi connectivity index (χ1) is 23.7. The fourth-order valence-corrected chi connectivity index (χ4v) is 9.00. The van der Waals surface area contributed by atoms with Crippen molar-refractivity contribution >= 4 is 91.2 Å². The highest BCUT2D eigenvalue weighted by Crippen LogP contribution is 2.42. The number of rotatable bonds is 5. The Bertz CT molecular complexity index is 2780. The van der Waals surface area contributed by atoms with Gasteiger partial charge in [-0.15, -0.1) is 22.7 Å². The molecule has 0 bridgehead atoms. The molecule has 0 saturated carbocycles. The molecule has 5 heteroatoms. The van der Waals surface area contributed by atoms with Gasteiger partial charge in [-0.2, -0.15) is 0 Å². The molecule has 3 heterocycles. The second kappa shape index (κ2) is 10.9. The van der Waals surface area contributed by atoms with Crippen LogP contribution < -0.4 is 4.90 Å². The summed E-state index contributed by atoms with van der Waals surface area (Å²) < 4.78 is 11.3. The molecule has 0 aliphatic heterocycles. The van der Waals surface area contributed by atoms with Gasteiger partial charge < -0.3 is 9.32 Å². The van der Waals surface area contributed by atoms with Crippen molar-refractivity contribution in [3.8, 4) is 22.6 Å². The van der Waals surface area contributed by atoms with Crippen LogP contribution in [0.2, 0.25) is 0 Å². The summed E-state index contributed by atoms with van der Waals surface area (Å²) >= 11 is 3.65. The topological polar surface area (TPSA) is 29.3 Å². The normalized spacial score (nSPS) is 11.8. The molecule has 0 unspecified atom stereocenters. The fraction of sp³-hybridized carbons (Fsp3) is 0. The maximum Gasteiger partial charge on any atom is 0.227 e. The van der Waals surface area contributed by atoms with E-state index in [0.29, 0.717) is 5.89 Å². The maximum absolute atomic E-state index is 6.17. The van der Waals surface area contributed by atoms with E-state index >= 15 is 0 Å². The van der Waals surface area contributed by atoms with E-state index in [0.717, 1.165) is 33.7 Å². The van der Waals surface area contributed by atoms with Crippen LogP contribution in [0.15, 0.2) is 162 Å². The summed E-state index contributed by atoms with van der Waals surface area (Å²) in [6, 6.07) is 56.2. The number of nitrogens with zero attached hydrogens (tertiary/aromatic N) is 2. The molecule has 3 aromatic heterocycles. The second-order valence-electron chi connectivity index (χ2n) is 12.0. The van der Waals surface area contributed by atoms with Gasteiger partial charge in [-0.1, -0.05) is 78.9 Å². The number of para-hydroxylation sites is 1. The third-order valence-electron chi connectivity index (χ3n) is 9.09. The lowest BCUT2D eigenvalue weighted by Gasteiger charge is -2.25. The van der Waals surface area contributed by atoms with Crippen LogP contribution in [0.25, 0.3) is 74.0 Å². The summed E-state index contributed by atoms with van der Waals surface area (Å²) in [5.41, 5.74) is 8.48. The molecular formula is C43H26N2OS2. The van der Waals surface area contributed by atoms with E-state index in [1.807, 2.05) is 41.7 Å². The van der Waals surface area contributed by atoms with Crippen molar-refractivity contribution in [2.45, 2.75) is 0 Å². The van der Waals surface area contributed by atoms with E-state index in [9.17, 15) is 0 Å². The fourth-order valence-electron chi connectivity index (χ4n) is 6.76. The van der Waals surface area contributed by atoms with Crippen LogP contribution in [0, 0.1) is 0 Å². The smallest absolute Gasteiger partial charge is 0.227 e. The zero-order chi connectivity index (χ0) is 31.6. The molecule has 0 atom stereocenters. The van der Waals surface area contributed by atoms with E-state index in [4.69, 9.17) is 9.40 Å². The summed E-state index contributed by atoms with van der Waals surface area (Å²) in [4.78, 5) is 7.16. The molecule has 0 spiro atoms. The van der Waals surface area contributed by atoms with Crippen LogP contribution in [0.4, 0.5) is 17.1 Å². The molecule has 10 rings (SSSR count). The van der Waals surface area contributed by atoms with Gasteiger partial charge in [-0.25, -0.2) is 4.98 Å². The Morgan fingerprint density at radius 2 is 1.04 bits per heavy atom. The summed E-state index contributed by atoms with van der Waals surface area (Å²) in [5.74, 6) is 0.657. The van der Waals surface area contributed by atoms with Gasteiger partial charge in [0, 0.05) is 69.0 Å². The molecule has 0 aliphatic carbocycles. The van der Waals surface area contributed by atoms with E-state index in [-0.39, 0.29) is 0 Å². The minimum atomic E-state index is 0.657. The van der Waals surface area contributed by atoms with Gasteiger partial charge in [-0.05, 0) is 83.9 Å². The van der Waals surface area contributed by atoms with Gasteiger partial charge in [0.2, 0.25) is 5.89 Å². The second-order valence-corrected chi connectivity index (χ2v) is 14.2. The van der Waals surface area contributed by atoms with Crippen LogP contribution in [0.1, 0.15) is 0 Å². The number of hydrogen-bond donors (Lipinski definition) is 0. The molecule has 48 heavy (non-hydrogen) atoms. The van der Waals surface area contributed by atoms with Gasteiger partial charge >= 0.3 is 0 Å². The van der Waals surface area contributed by atoms with Crippen molar-refractivity contribution in [3.05, 3.63) is 158 Å². The lowest BCUT2D eigenvalue weighted by atomic mass is 10.0. The van der Waals surface area contributed by atoms with Crippen molar-refractivity contribution in [2.75, 3.05) is 4.90 Å². The van der Waals surface area contributed by atoms with Crippen molar-refractivity contribution in [1.29, 1.82) is 0 Å². The highest BCUT2D eigenvalue weighted by molar-refractivity contribution is 7.26. The Kier molecular flexibility index (Phi) is 6.22. The summed E-state index contributed by atoms with van der Waals surface area (Å²) in [6.45, 7) is 0. The highest BCUT2D eigenvalue weighted by Gasteiger charge is 2.16. The highest BCUT2D eigenvalue weighted by atomic mass is 32.1. The number of oxazole rings is 1. The van der Waals surface area contributed by atoms with Crippen LogP contribution in [0.5, 0.6) is 0 Å². The van der Waals surface area contributed by atoms with Gasteiger partial charge in [0.15, 0.2) is 5.58 Å². The standard InChI is InChI=1S/C43H26N2OS2/c1-3-9-28(10-4-1)43-44-37-25-36-34-21-17-29(23-41(34)48-42(36)26-38(37)46-43)27-15-18-31(19-16-27)45(30-11-5-2-6-12-30)32-20-22-40-35(24-32)33-13-7-8-14-39(33)47-40/h1-26H. The minimum Gasteiger partial charge on any atom is -0.436 e. The zero-order valence-electron chi connectivity index (χ0n) is 25.6. The predicted octanol–water partition coefficient (Wildman–Crippen LogP) is 13.4. The average molecular weight is 651 g/mol.